The molecule has 0 saturated carbocycles. The Kier molecular flexibility index (Phi) is 5.32. The van der Waals surface area contributed by atoms with Crippen molar-refractivity contribution < 1.29 is 22.5 Å². The Morgan fingerprint density at radius 1 is 1.15 bits per heavy atom. The number of ether oxygens (including phenoxy) is 1. The summed E-state index contributed by atoms with van der Waals surface area (Å²) in [6.45, 7) is 3.96. The number of sulfonamides is 1. The molecule has 2 aliphatic heterocycles. The van der Waals surface area contributed by atoms with Crippen LogP contribution in [0.2, 0.25) is 0 Å². The SMILES string of the molecule is CCc1nc(CN2C(=O)COc3cc(S(=O)(=O)N4CCCc5ccccc54)c(C)cc32)no1. The minimum absolute atomic E-state index is 0.115. The van der Waals surface area contributed by atoms with Gasteiger partial charge in [-0.25, -0.2) is 8.42 Å². The molecule has 1 aromatic heterocycles. The number of hydrogen-bond acceptors (Lipinski definition) is 7. The van der Waals surface area contributed by atoms with E-state index in [4.69, 9.17) is 9.26 Å². The lowest BCUT2D eigenvalue weighted by Gasteiger charge is -2.32. The fraction of sp³-hybridized carbons (Fsp3) is 0.348. The van der Waals surface area contributed by atoms with E-state index < -0.39 is 10.0 Å². The largest absolute Gasteiger partial charge is 0.482 e. The van der Waals surface area contributed by atoms with Gasteiger partial charge in [0.2, 0.25) is 5.89 Å². The number of aryl methyl sites for hydroxylation is 3. The van der Waals surface area contributed by atoms with Crippen molar-refractivity contribution in [1.82, 2.24) is 10.1 Å². The van der Waals surface area contributed by atoms with Gasteiger partial charge in [-0.05, 0) is 43.0 Å². The molecule has 172 valence electrons. The van der Waals surface area contributed by atoms with Crippen LogP contribution in [0.15, 0.2) is 45.8 Å². The van der Waals surface area contributed by atoms with E-state index in [0.717, 1.165) is 18.4 Å². The number of carbonyl (C=O) groups is 1. The Morgan fingerprint density at radius 2 is 1.97 bits per heavy atom. The summed E-state index contributed by atoms with van der Waals surface area (Å²) in [6.07, 6.45) is 2.20. The molecule has 9 nitrogen and oxygen atoms in total. The van der Waals surface area contributed by atoms with E-state index in [0.29, 0.717) is 47.4 Å². The lowest BCUT2D eigenvalue weighted by Crippen LogP contribution is -2.39. The first-order valence-corrected chi connectivity index (χ1v) is 12.3. The fourth-order valence-corrected chi connectivity index (χ4v) is 6.06. The highest BCUT2D eigenvalue weighted by Crippen LogP contribution is 2.39. The number of nitrogens with zero attached hydrogens (tertiary/aromatic N) is 4. The molecule has 0 unspecified atom stereocenters. The molecule has 0 N–H and O–H groups in total. The topological polar surface area (TPSA) is 106 Å². The monoisotopic (exact) mass is 468 g/mol. The molecule has 2 aliphatic rings. The number of carbonyl (C=O) groups excluding carboxylic acids is 1. The molecular formula is C23H24N4O5S. The van der Waals surface area contributed by atoms with Crippen LogP contribution in [0, 0.1) is 6.92 Å². The molecule has 2 aromatic carbocycles. The Morgan fingerprint density at radius 3 is 2.76 bits per heavy atom. The van der Waals surface area contributed by atoms with E-state index in [1.807, 2.05) is 31.2 Å². The van der Waals surface area contributed by atoms with Gasteiger partial charge in [0.15, 0.2) is 12.4 Å². The summed E-state index contributed by atoms with van der Waals surface area (Å²) < 4.78 is 39.6. The lowest BCUT2D eigenvalue weighted by molar-refractivity contribution is -0.121. The summed E-state index contributed by atoms with van der Waals surface area (Å²) in [5.41, 5.74) is 2.75. The van der Waals surface area contributed by atoms with Gasteiger partial charge in [-0.3, -0.25) is 14.0 Å². The van der Waals surface area contributed by atoms with E-state index in [1.54, 1.807) is 13.0 Å². The van der Waals surface area contributed by atoms with Crippen molar-refractivity contribution in [2.24, 2.45) is 0 Å². The van der Waals surface area contributed by atoms with Crippen molar-refractivity contribution in [3.8, 4) is 5.75 Å². The Hall–Kier alpha value is -3.40. The average Bonchev–Trinajstić information content (AvgIpc) is 3.28. The number of anilines is 2. The summed E-state index contributed by atoms with van der Waals surface area (Å²) in [4.78, 5) is 18.6. The molecule has 0 bridgehead atoms. The smallest absolute Gasteiger partial charge is 0.265 e. The van der Waals surface area contributed by atoms with Gasteiger partial charge in [0, 0.05) is 19.0 Å². The second-order valence-corrected chi connectivity index (χ2v) is 9.95. The van der Waals surface area contributed by atoms with Gasteiger partial charge in [0.25, 0.3) is 15.9 Å². The summed E-state index contributed by atoms with van der Waals surface area (Å²) in [5.74, 6) is 0.950. The zero-order valence-electron chi connectivity index (χ0n) is 18.4. The highest BCUT2D eigenvalue weighted by Gasteiger charge is 2.34. The Balaban J connectivity index is 1.52. The van der Waals surface area contributed by atoms with Crippen LogP contribution in [0.25, 0.3) is 0 Å². The van der Waals surface area contributed by atoms with Crippen molar-refractivity contribution in [2.45, 2.75) is 44.6 Å². The van der Waals surface area contributed by atoms with E-state index in [-0.39, 0.29) is 24.0 Å². The molecular weight excluding hydrogens is 444 g/mol. The van der Waals surface area contributed by atoms with E-state index in [9.17, 15) is 13.2 Å². The van der Waals surface area contributed by atoms with Crippen molar-refractivity contribution in [3.05, 3.63) is 59.2 Å². The van der Waals surface area contributed by atoms with Crippen LogP contribution in [-0.4, -0.2) is 37.6 Å². The van der Waals surface area contributed by atoms with Crippen LogP contribution in [0.1, 0.15) is 36.2 Å². The van der Waals surface area contributed by atoms with Crippen LogP contribution in [0.5, 0.6) is 5.75 Å². The van der Waals surface area contributed by atoms with Crippen LogP contribution in [0.3, 0.4) is 0 Å². The predicted molar refractivity (Wildman–Crippen MR) is 121 cm³/mol. The molecule has 3 heterocycles. The summed E-state index contributed by atoms with van der Waals surface area (Å²) in [5, 5.41) is 3.93. The summed E-state index contributed by atoms with van der Waals surface area (Å²) >= 11 is 0. The van der Waals surface area contributed by atoms with Crippen molar-refractivity contribution in [2.75, 3.05) is 22.4 Å². The number of hydrogen-bond donors (Lipinski definition) is 0. The molecule has 3 aromatic rings. The van der Waals surface area contributed by atoms with Crippen molar-refractivity contribution in [3.63, 3.8) is 0 Å². The first-order valence-electron chi connectivity index (χ1n) is 10.9. The quantitative estimate of drug-likeness (QED) is 0.567. The third kappa shape index (κ3) is 3.74. The molecule has 0 fully saturated rings. The number of para-hydroxylation sites is 1. The van der Waals surface area contributed by atoms with Crippen LogP contribution in [0.4, 0.5) is 11.4 Å². The maximum Gasteiger partial charge on any atom is 0.265 e. The highest BCUT2D eigenvalue weighted by atomic mass is 32.2. The number of fused-ring (bicyclic) bond motifs is 2. The van der Waals surface area contributed by atoms with Gasteiger partial charge in [-0.1, -0.05) is 30.3 Å². The fourth-order valence-electron chi connectivity index (χ4n) is 4.29. The predicted octanol–water partition coefficient (Wildman–Crippen LogP) is 3.01. The molecule has 0 radical (unpaired) electrons. The van der Waals surface area contributed by atoms with Gasteiger partial charge in [-0.15, -0.1) is 0 Å². The first kappa shape index (κ1) is 21.4. The maximum absolute atomic E-state index is 13.7. The zero-order chi connectivity index (χ0) is 23.2. The van der Waals surface area contributed by atoms with Gasteiger partial charge < -0.3 is 9.26 Å². The minimum atomic E-state index is -3.82. The molecule has 1 amide bonds. The average molecular weight is 469 g/mol. The summed E-state index contributed by atoms with van der Waals surface area (Å²) in [7, 11) is -3.82. The van der Waals surface area contributed by atoms with Crippen LogP contribution >= 0.6 is 0 Å². The standard InChI is InChI=1S/C23H24N4O5S/c1-3-22-24-21(25-32-22)13-26-18-11-15(2)20(12-19(18)31-14-23(26)28)33(29,30)27-10-6-8-16-7-4-5-9-17(16)27/h4-5,7,9,11-12H,3,6,8,10,13-14H2,1-2H3. The van der Waals surface area contributed by atoms with Crippen LogP contribution in [-0.2, 0) is 34.2 Å². The minimum Gasteiger partial charge on any atom is -0.482 e. The Labute approximate surface area is 192 Å². The third-order valence-electron chi connectivity index (χ3n) is 5.95. The number of amides is 1. The second-order valence-electron chi connectivity index (χ2n) is 8.12. The normalized spacial score (nSPS) is 15.8. The third-order valence-corrected chi connectivity index (χ3v) is 7.90. The molecule has 0 aliphatic carbocycles. The summed E-state index contributed by atoms with van der Waals surface area (Å²) in [6, 6.07) is 10.8. The van der Waals surface area contributed by atoms with Gasteiger partial charge in [0.1, 0.15) is 5.75 Å². The number of benzene rings is 2. The van der Waals surface area contributed by atoms with Crippen molar-refractivity contribution >= 4 is 27.3 Å². The first-order chi connectivity index (χ1) is 15.9. The van der Waals surface area contributed by atoms with Crippen LogP contribution < -0.4 is 13.9 Å². The molecule has 0 atom stereocenters. The second kappa shape index (κ2) is 8.18. The molecule has 10 heteroatoms. The van der Waals surface area contributed by atoms with Crippen molar-refractivity contribution in [1.29, 1.82) is 0 Å². The van der Waals surface area contributed by atoms with Gasteiger partial charge >= 0.3 is 0 Å². The number of aromatic nitrogens is 2. The number of rotatable bonds is 5. The van der Waals surface area contributed by atoms with E-state index in [2.05, 4.69) is 10.1 Å². The van der Waals surface area contributed by atoms with E-state index >= 15 is 0 Å². The lowest BCUT2D eigenvalue weighted by atomic mass is 10.0. The van der Waals surface area contributed by atoms with E-state index in [1.165, 1.54) is 15.3 Å². The maximum atomic E-state index is 13.7. The highest BCUT2D eigenvalue weighted by molar-refractivity contribution is 7.92. The molecule has 0 spiro atoms. The Bertz CT molecular complexity index is 1330. The van der Waals surface area contributed by atoms with Gasteiger partial charge in [-0.2, -0.15) is 4.98 Å². The van der Waals surface area contributed by atoms with Gasteiger partial charge in [0.05, 0.1) is 22.8 Å². The molecule has 5 rings (SSSR count). The molecule has 33 heavy (non-hydrogen) atoms. The molecule has 0 saturated heterocycles. The zero-order valence-corrected chi connectivity index (χ0v) is 19.3.